The van der Waals surface area contributed by atoms with Gasteiger partial charge in [-0.05, 0) is 27.2 Å². The quantitative estimate of drug-likeness (QED) is 0.749. The van der Waals surface area contributed by atoms with Gasteiger partial charge in [-0.1, -0.05) is 20.8 Å². The van der Waals surface area contributed by atoms with Crippen LogP contribution in [0.25, 0.3) is 0 Å². The Morgan fingerprint density at radius 3 is 2.35 bits per heavy atom. The number of fused-ring (bicyclic) bond motifs is 1. The minimum atomic E-state index is -0.550. The lowest BCUT2D eigenvalue weighted by molar-refractivity contribution is -0.127. The molecule has 0 radical (unpaired) electrons. The molecule has 2 aliphatic heterocycles. The van der Waals surface area contributed by atoms with Crippen LogP contribution in [0.1, 0.15) is 54.4 Å². The van der Waals surface area contributed by atoms with Crippen LogP contribution in [0.15, 0.2) is 0 Å². The first kappa shape index (κ1) is 20.5. The molecular weight excluding hydrogens is 334 g/mol. The first-order valence-corrected chi connectivity index (χ1v) is 9.51. The minimum absolute atomic E-state index is 0.0313. The Hall–Kier alpha value is -1.79. The molecule has 0 N–H and O–H groups in total. The molecule has 26 heavy (non-hydrogen) atoms. The van der Waals surface area contributed by atoms with E-state index in [0.29, 0.717) is 39.1 Å². The van der Waals surface area contributed by atoms with E-state index in [9.17, 15) is 14.4 Å². The number of carbonyl (C=O) groups excluding carboxylic acids is 3. The zero-order valence-electron chi connectivity index (χ0n) is 17.0. The van der Waals surface area contributed by atoms with Crippen LogP contribution < -0.4 is 0 Å². The molecule has 0 saturated carbocycles. The maximum absolute atomic E-state index is 12.7. The number of ether oxygens (including phenoxy) is 1. The van der Waals surface area contributed by atoms with E-state index in [1.54, 1.807) is 9.80 Å². The van der Waals surface area contributed by atoms with Gasteiger partial charge in [0.2, 0.25) is 0 Å². The molecule has 0 aromatic carbocycles. The van der Waals surface area contributed by atoms with Crippen molar-refractivity contribution in [1.82, 2.24) is 14.7 Å². The lowest BCUT2D eigenvalue weighted by atomic mass is 9.85. The molecule has 3 amide bonds. The Kier molecular flexibility index (Phi) is 5.88. The summed E-state index contributed by atoms with van der Waals surface area (Å²) in [5, 5.41) is 0. The van der Waals surface area contributed by atoms with Gasteiger partial charge >= 0.3 is 12.1 Å². The van der Waals surface area contributed by atoms with E-state index in [0.717, 1.165) is 6.42 Å². The van der Waals surface area contributed by atoms with E-state index in [-0.39, 0.29) is 23.9 Å². The smallest absolute Gasteiger partial charge is 0.410 e. The average Bonchev–Trinajstić information content (AvgIpc) is 2.81. The number of hydrogen-bond acceptors (Lipinski definition) is 4. The van der Waals surface area contributed by atoms with Crippen molar-refractivity contribution in [2.75, 3.05) is 32.7 Å². The van der Waals surface area contributed by atoms with E-state index < -0.39 is 11.0 Å². The molecule has 2 heterocycles. The summed E-state index contributed by atoms with van der Waals surface area (Å²) < 4.78 is 5.44. The standard InChI is InChI=1S/C19H33N3O4/c1-7-8-15(23)19(5,6)13-21-12-14-11-20(9-10-22(14)16(21)24)17(25)26-18(2,3)4/h14H,7-13H2,1-6H3/t14-/m0/s1. The SMILES string of the molecule is CCCC(=O)C(C)(C)CN1C[C@@H]2CN(C(=O)OC(C)(C)C)CCN2C1=O. The molecule has 0 aromatic rings. The second-order valence-corrected chi connectivity index (χ2v) is 8.99. The molecule has 148 valence electrons. The molecule has 0 unspecified atom stereocenters. The molecule has 2 rings (SSSR count). The summed E-state index contributed by atoms with van der Waals surface area (Å²) in [6.45, 7) is 13.7. The van der Waals surface area contributed by atoms with Gasteiger partial charge in [-0.2, -0.15) is 0 Å². The van der Waals surface area contributed by atoms with Crippen molar-refractivity contribution in [1.29, 1.82) is 0 Å². The van der Waals surface area contributed by atoms with Crippen LogP contribution in [-0.4, -0.2) is 77.0 Å². The minimum Gasteiger partial charge on any atom is -0.444 e. The number of piperazine rings is 1. The largest absolute Gasteiger partial charge is 0.444 e. The van der Waals surface area contributed by atoms with Crippen LogP contribution in [0.4, 0.5) is 9.59 Å². The second kappa shape index (κ2) is 7.45. The van der Waals surface area contributed by atoms with Crippen molar-refractivity contribution in [2.45, 2.75) is 66.0 Å². The summed E-state index contributed by atoms with van der Waals surface area (Å²) in [5.74, 6) is 0.188. The summed E-state index contributed by atoms with van der Waals surface area (Å²) in [6.07, 6.45) is 1.02. The van der Waals surface area contributed by atoms with Gasteiger partial charge in [0.1, 0.15) is 11.4 Å². The number of nitrogens with zero attached hydrogens (tertiary/aromatic N) is 3. The third kappa shape index (κ3) is 4.68. The first-order chi connectivity index (χ1) is 11.9. The van der Waals surface area contributed by atoms with Gasteiger partial charge in [-0.25, -0.2) is 9.59 Å². The van der Waals surface area contributed by atoms with Gasteiger partial charge in [-0.3, -0.25) is 4.79 Å². The Labute approximate surface area is 156 Å². The molecular formula is C19H33N3O4. The van der Waals surface area contributed by atoms with Gasteiger partial charge in [0.05, 0.1) is 6.04 Å². The number of amides is 3. The summed E-state index contributed by atoms with van der Waals surface area (Å²) in [5.41, 5.74) is -1.08. The van der Waals surface area contributed by atoms with Gasteiger partial charge in [-0.15, -0.1) is 0 Å². The monoisotopic (exact) mass is 367 g/mol. The summed E-state index contributed by atoms with van der Waals surface area (Å²) >= 11 is 0. The van der Waals surface area contributed by atoms with Gasteiger partial charge in [0.25, 0.3) is 0 Å². The number of hydrogen-bond donors (Lipinski definition) is 0. The number of carbonyl (C=O) groups is 3. The fourth-order valence-electron chi connectivity index (χ4n) is 3.53. The van der Waals surface area contributed by atoms with Crippen LogP contribution in [-0.2, 0) is 9.53 Å². The zero-order valence-corrected chi connectivity index (χ0v) is 17.0. The van der Waals surface area contributed by atoms with Crippen LogP contribution in [0, 0.1) is 5.41 Å². The first-order valence-electron chi connectivity index (χ1n) is 9.51. The van der Waals surface area contributed by atoms with Crippen LogP contribution >= 0.6 is 0 Å². The topological polar surface area (TPSA) is 70.2 Å². The third-order valence-corrected chi connectivity index (χ3v) is 4.90. The molecule has 1 atom stereocenters. The predicted molar refractivity (Wildman–Crippen MR) is 99.0 cm³/mol. The number of urea groups is 1. The summed E-state index contributed by atoms with van der Waals surface area (Å²) in [4.78, 5) is 42.6. The van der Waals surface area contributed by atoms with Crippen molar-refractivity contribution < 1.29 is 19.1 Å². The fraction of sp³-hybridized carbons (Fsp3) is 0.842. The van der Waals surface area contributed by atoms with Crippen molar-refractivity contribution in [3.05, 3.63) is 0 Å². The fourth-order valence-corrected chi connectivity index (χ4v) is 3.53. The van der Waals surface area contributed by atoms with E-state index in [1.807, 2.05) is 46.4 Å². The summed E-state index contributed by atoms with van der Waals surface area (Å²) in [6, 6.07) is -0.0722. The molecule has 0 bridgehead atoms. The van der Waals surface area contributed by atoms with Gasteiger partial charge < -0.3 is 19.4 Å². The van der Waals surface area contributed by atoms with E-state index in [1.165, 1.54) is 0 Å². The molecule has 7 heteroatoms. The Morgan fingerprint density at radius 1 is 1.12 bits per heavy atom. The molecule has 2 saturated heterocycles. The zero-order chi connectivity index (χ0) is 19.7. The van der Waals surface area contributed by atoms with Crippen LogP contribution in [0.2, 0.25) is 0 Å². The number of Topliss-reactive ketones (excluding diaryl/α,β-unsaturated/α-hetero) is 1. The molecule has 0 aromatic heterocycles. The maximum Gasteiger partial charge on any atom is 0.410 e. The highest BCUT2D eigenvalue weighted by molar-refractivity contribution is 5.85. The second-order valence-electron chi connectivity index (χ2n) is 8.99. The van der Waals surface area contributed by atoms with Gasteiger partial charge in [0, 0.05) is 44.6 Å². The highest BCUT2D eigenvalue weighted by Gasteiger charge is 2.44. The van der Waals surface area contributed by atoms with Crippen molar-refractivity contribution in [3.8, 4) is 0 Å². The van der Waals surface area contributed by atoms with Crippen molar-refractivity contribution in [2.24, 2.45) is 5.41 Å². The third-order valence-electron chi connectivity index (χ3n) is 4.90. The average molecular weight is 367 g/mol. The molecule has 2 aliphatic rings. The lowest BCUT2D eigenvalue weighted by Crippen LogP contribution is -2.54. The molecule has 0 aliphatic carbocycles. The normalized spacial score (nSPS) is 21.1. The number of ketones is 1. The van der Waals surface area contributed by atoms with Crippen molar-refractivity contribution in [3.63, 3.8) is 0 Å². The van der Waals surface area contributed by atoms with E-state index in [2.05, 4.69) is 0 Å². The van der Waals surface area contributed by atoms with Crippen LogP contribution in [0.5, 0.6) is 0 Å². The summed E-state index contributed by atoms with van der Waals surface area (Å²) in [7, 11) is 0. The van der Waals surface area contributed by atoms with Crippen LogP contribution in [0.3, 0.4) is 0 Å². The van der Waals surface area contributed by atoms with Crippen molar-refractivity contribution >= 4 is 17.9 Å². The Bertz CT molecular complexity index is 568. The molecule has 2 fully saturated rings. The number of rotatable bonds is 5. The predicted octanol–water partition coefficient (Wildman–Crippen LogP) is 2.74. The Morgan fingerprint density at radius 2 is 1.77 bits per heavy atom. The maximum atomic E-state index is 12.7. The highest BCUT2D eigenvalue weighted by Crippen LogP contribution is 2.27. The van der Waals surface area contributed by atoms with E-state index >= 15 is 0 Å². The van der Waals surface area contributed by atoms with E-state index in [4.69, 9.17) is 4.74 Å². The lowest BCUT2D eigenvalue weighted by Gasteiger charge is -2.37. The molecule has 7 nitrogen and oxygen atoms in total. The molecule has 0 spiro atoms. The van der Waals surface area contributed by atoms with Gasteiger partial charge in [0.15, 0.2) is 0 Å². The Balaban J connectivity index is 1.99. The highest BCUT2D eigenvalue weighted by atomic mass is 16.6.